The lowest BCUT2D eigenvalue weighted by molar-refractivity contribution is -0.383. The third-order valence-electron chi connectivity index (χ3n) is 3.22. The van der Waals surface area contributed by atoms with Crippen LogP contribution < -0.4 is 5.32 Å². The van der Waals surface area contributed by atoms with Crippen molar-refractivity contribution in [2.75, 3.05) is 11.9 Å². The van der Waals surface area contributed by atoms with E-state index < -0.39 is 16.8 Å². The summed E-state index contributed by atoms with van der Waals surface area (Å²) in [5, 5.41) is 13.5. The monoisotopic (exact) mass is 340 g/mol. The molecule has 0 heterocycles. The van der Waals surface area contributed by atoms with Gasteiger partial charge in [0.1, 0.15) is 5.69 Å². The Morgan fingerprint density at radius 1 is 1.16 bits per heavy atom. The predicted molar refractivity (Wildman–Crippen MR) is 93.2 cm³/mol. The summed E-state index contributed by atoms with van der Waals surface area (Å²) in [6, 6.07) is 12.4. The van der Waals surface area contributed by atoms with Crippen LogP contribution >= 0.6 is 0 Å². The molecule has 2 aromatic rings. The number of amides is 1. The first-order valence-corrected chi connectivity index (χ1v) is 7.51. The van der Waals surface area contributed by atoms with Crippen LogP contribution in [0, 0.1) is 10.1 Å². The number of para-hydroxylation sites is 2. The minimum Gasteiger partial charge on any atom is -0.463 e. The summed E-state index contributed by atoms with van der Waals surface area (Å²) in [6.07, 6.45) is 2.87. The molecule has 0 aromatic heterocycles. The van der Waals surface area contributed by atoms with E-state index in [4.69, 9.17) is 4.74 Å². The van der Waals surface area contributed by atoms with Crippen LogP contribution in [0.15, 0.2) is 54.6 Å². The first-order chi connectivity index (χ1) is 12.0. The minimum absolute atomic E-state index is 0.129. The molecule has 0 unspecified atom stereocenters. The standard InChI is InChI=1S/C18H16N2O5/c1-2-25-17(21)12-9-13-7-10-14(11-8-13)18(22)19-15-5-3-4-6-16(15)20(23)24/h3-12H,2H2,1H3,(H,19,22). The Morgan fingerprint density at radius 2 is 1.84 bits per heavy atom. The van der Waals surface area contributed by atoms with Crippen molar-refractivity contribution in [1.82, 2.24) is 0 Å². The number of benzene rings is 2. The minimum atomic E-state index is -0.557. The van der Waals surface area contributed by atoms with E-state index in [9.17, 15) is 19.7 Å². The van der Waals surface area contributed by atoms with Crippen molar-refractivity contribution >= 4 is 29.3 Å². The molecule has 0 aliphatic carbocycles. The van der Waals surface area contributed by atoms with Crippen molar-refractivity contribution < 1.29 is 19.2 Å². The molecule has 0 atom stereocenters. The molecule has 0 saturated heterocycles. The number of nitrogens with one attached hydrogen (secondary N) is 1. The van der Waals surface area contributed by atoms with Gasteiger partial charge in [-0.25, -0.2) is 4.79 Å². The van der Waals surface area contributed by atoms with Gasteiger partial charge in [0.15, 0.2) is 0 Å². The predicted octanol–water partition coefficient (Wildman–Crippen LogP) is 3.42. The number of rotatable bonds is 6. The third-order valence-corrected chi connectivity index (χ3v) is 3.22. The van der Waals surface area contributed by atoms with Gasteiger partial charge in [-0.2, -0.15) is 0 Å². The van der Waals surface area contributed by atoms with Crippen molar-refractivity contribution in [3.63, 3.8) is 0 Å². The van der Waals surface area contributed by atoms with E-state index in [-0.39, 0.29) is 11.4 Å². The Balaban J connectivity index is 2.08. The van der Waals surface area contributed by atoms with Gasteiger partial charge in [-0.15, -0.1) is 0 Å². The molecule has 0 aliphatic rings. The van der Waals surface area contributed by atoms with E-state index in [2.05, 4.69) is 5.32 Å². The number of nitrogens with zero attached hydrogens (tertiary/aromatic N) is 1. The number of esters is 1. The average Bonchev–Trinajstić information content (AvgIpc) is 2.61. The molecular formula is C18H16N2O5. The van der Waals surface area contributed by atoms with Crippen LogP contribution in [0.25, 0.3) is 6.08 Å². The SMILES string of the molecule is CCOC(=O)C=Cc1ccc(C(=O)Nc2ccccc2[N+](=O)[O-])cc1. The van der Waals surface area contributed by atoms with E-state index in [0.29, 0.717) is 12.2 Å². The van der Waals surface area contributed by atoms with E-state index >= 15 is 0 Å². The summed E-state index contributed by atoms with van der Waals surface area (Å²) in [7, 11) is 0. The molecule has 0 fully saturated rings. The summed E-state index contributed by atoms with van der Waals surface area (Å²) >= 11 is 0. The van der Waals surface area contributed by atoms with Gasteiger partial charge in [0.05, 0.1) is 11.5 Å². The number of anilines is 1. The van der Waals surface area contributed by atoms with Gasteiger partial charge >= 0.3 is 5.97 Å². The lowest BCUT2D eigenvalue weighted by Crippen LogP contribution is -2.13. The van der Waals surface area contributed by atoms with E-state index in [1.54, 1.807) is 43.3 Å². The van der Waals surface area contributed by atoms with Gasteiger partial charge in [-0.05, 0) is 36.8 Å². The zero-order chi connectivity index (χ0) is 18.2. The fraction of sp³-hybridized carbons (Fsp3) is 0.111. The number of ether oxygens (including phenoxy) is 1. The molecule has 0 radical (unpaired) electrons. The zero-order valence-electron chi connectivity index (χ0n) is 13.5. The second kappa shape index (κ2) is 8.39. The quantitative estimate of drug-likeness (QED) is 0.376. The highest BCUT2D eigenvalue weighted by Crippen LogP contribution is 2.23. The molecule has 0 bridgehead atoms. The summed E-state index contributed by atoms with van der Waals surface area (Å²) in [5.74, 6) is -0.907. The fourth-order valence-electron chi connectivity index (χ4n) is 2.03. The smallest absolute Gasteiger partial charge is 0.330 e. The molecule has 7 heteroatoms. The van der Waals surface area contributed by atoms with Gasteiger partial charge in [0.2, 0.25) is 0 Å². The van der Waals surface area contributed by atoms with E-state index in [1.807, 2.05) is 0 Å². The highest BCUT2D eigenvalue weighted by molar-refractivity contribution is 6.05. The van der Waals surface area contributed by atoms with Gasteiger partial charge in [-0.1, -0.05) is 24.3 Å². The molecule has 1 N–H and O–H groups in total. The van der Waals surface area contributed by atoms with Crippen molar-refractivity contribution in [2.45, 2.75) is 6.92 Å². The first-order valence-electron chi connectivity index (χ1n) is 7.51. The Kier molecular flexibility index (Phi) is 6.00. The maximum absolute atomic E-state index is 12.2. The molecular weight excluding hydrogens is 324 g/mol. The van der Waals surface area contributed by atoms with Crippen molar-refractivity contribution in [1.29, 1.82) is 0 Å². The summed E-state index contributed by atoms with van der Waals surface area (Å²) in [5.41, 5.74) is 1.01. The number of hydrogen-bond acceptors (Lipinski definition) is 5. The summed E-state index contributed by atoms with van der Waals surface area (Å²) in [4.78, 5) is 33.9. The number of nitro groups is 1. The van der Waals surface area contributed by atoms with Crippen LogP contribution in [0.3, 0.4) is 0 Å². The van der Waals surface area contributed by atoms with Crippen LogP contribution in [0.2, 0.25) is 0 Å². The fourth-order valence-corrected chi connectivity index (χ4v) is 2.03. The van der Waals surface area contributed by atoms with Gasteiger partial charge in [-0.3, -0.25) is 14.9 Å². The third kappa shape index (κ3) is 5.00. The highest BCUT2D eigenvalue weighted by atomic mass is 16.6. The summed E-state index contributed by atoms with van der Waals surface area (Å²) < 4.78 is 4.78. The van der Waals surface area contributed by atoms with Crippen LogP contribution in [0.5, 0.6) is 0 Å². The van der Waals surface area contributed by atoms with Crippen molar-refractivity contribution in [2.24, 2.45) is 0 Å². The molecule has 0 saturated carbocycles. The number of hydrogen-bond donors (Lipinski definition) is 1. The van der Waals surface area contributed by atoms with E-state index in [1.165, 1.54) is 24.3 Å². The van der Waals surface area contributed by atoms with Crippen LogP contribution in [-0.4, -0.2) is 23.4 Å². The molecule has 2 aromatic carbocycles. The molecule has 2 rings (SSSR count). The Bertz CT molecular complexity index is 812. The summed E-state index contributed by atoms with van der Waals surface area (Å²) in [6.45, 7) is 2.02. The number of nitro benzene ring substituents is 1. The molecule has 25 heavy (non-hydrogen) atoms. The van der Waals surface area contributed by atoms with Gasteiger partial charge in [0, 0.05) is 17.7 Å². The molecule has 128 valence electrons. The highest BCUT2D eigenvalue weighted by Gasteiger charge is 2.15. The Morgan fingerprint density at radius 3 is 2.48 bits per heavy atom. The lowest BCUT2D eigenvalue weighted by Gasteiger charge is -2.06. The number of carbonyl (C=O) groups is 2. The maximum atomic E-state index is 12.2. The largest absolute Gasteiger partial charge is 0.463 e. The Labute approximate surface area is 144 Å². The normalized spacial score (nSPS) is 10.4. The number of carbonyl (C=O) groups excluding carboxylic acids is 2. The lowest BCUT2D eigenvalue weighted by atomic mass is 10.1. The van der Waals surface area contributed by atoms with Crippen LogP contribution in [-0.2, 0) is 9.53 Å². The van der Waals surface area contributed by atoms with Gasteiger partial charge < -0.3 is 10.1 Å². The molecule has 0 spiro atoms. The average molecular weight is 340 g/mol. The molecule has 0 aliphatic heterocycles. The second-order valence-electron chi connectivity index (χ2n) is 4.94. The van der Waals surface area contributed by atoms with Crippen LogP contribution in [0.1, 0.15) is 22.8 Å². The van der Waals surface area contributed by atoms with Gasteiger partial charge in [0.25, 0.3) is 11.6 Å². The Hall–Kier alpha value is -3.48. The topological polar surface area (TPSA) is 98.5 Å². The van der Waals surface area contributed by atoms with E-state index in [0.717, 1.165) is 5.56 Å². The van der Waals surface area contributed by atoms with Crippen molar-refractivity contribution in [3.8, 4) is 0 Å². The van der Waals surface area contributed by atoms with Crippen molar-refractivity contribution in [3.05, 3.63) is 75.8 Å². The molecule has 7 nitrogen and oxygen atoms in total. The maximum Gasteiger partial charge on any atom is 0.330 e. The second-order valence-corrected chi connectivity index (χ2v) is 4.94. The molecule has 1 amide bonds. The van der Waals surface area contributed by atoms with Crippen LogP contribution in [0.4, 0.5) is 11.4 Å². The zero-order valence-corrected chi connectivity index (χ0v) is 13.5. The first kappa shape index (κ1) is 17.9.